The number of pyridine rings is 1. The molecule has 1 aromatic carbocycles. The summed E-state index contributed by atoms with van der Waals surface area (Å²) in [4.78, 5) is 5.54. The molecule has 0 saturated heterocycles. The predicted octanol–water partition coefficient (Wildman–Crippen LogP) is 5.77. The molecule has 0 aliphatic heterocycles. The molecule has 4 atom stereocenters. The molecule has 2 aliphatic rings. The van der Waals surface area contributed by atoms with Crippen molar-refractivity contribution < 1.29 is 30.3 Å². The summed E-state index contributed by atoms with van der Waals surface area (Å²) in [6.07, 6.45) is 9.21. The van der Waals surface area contributed by atoms with Crippen molar-refractivity contribution in [2.24, 2.45) is 11.8 Å². The molecule has 2 fully saturated rings. The maximum atomic E-state index is 9.89. The molecule has 2 aromatic heterocycles. The van der Waals surface area contributed by atoms with E-state index in [1.807, 2.05) is 19.2 Å². The van der Waals surface area contributed by atoms with E-state index < -0.39 is 0 Å². The number of nitrogens with zero attached hydrogens (tertiary/aromatic N) is 1. The summed E-state index contributed by atoms with van der Waals surface area (Å²) in [6.45, 7) is 2.05. The molecule has 3 aromatic rings. The van der Waals surface area contributed by atoms with Gasteiger partial charge in [0, 0.05) is 37.9 Å². The molecular formula is C25H30IrNO2S-. The standard InChI is InChI=1S/C14H10NS.C11H20O2.Ir/c1-10-6-7-12(15-9-10)14-8-11-4-2-3-5-13(11)16-14;12-9-6-2-1-4-8-5-3-7-10(13)11(8)9;/h2-7,9H,1H3;8-13H,1-7H2;/q-1;;. The zero-order chi connectivity index (χ0) is 20.2. The van der Waals surface area contributed by atoms with E-state index in [4.69, 9.17) is 0 Å². The van der Waals surface area contributed by atoms with Crippen LogP contribution in [0.15, 0.2) is 42.6 Å². The first kappa shape index (κ1) is 23.6. The number of hydrogen-bond acceptors (Lipinski definition) is 4. The average Bonchev–Trinajstić information content (AvgIpc) is 3.07. The van der Waals surface area contributed by atoms with E-state index in [0.29, 0.717) is 5.92 Å². The Labute approximate surface area is 196 Å². The van der Waals surface area contributed by atoms with Crippen LogP contribution in [0.25, 0.3) is 20.7 Å². The normalized spacial score (nSPS) is 26.0. The number of thiophene rings is 1. The number of benzene rings is 1. The van der Waals surface area contributed by atoms with E-state index in [0.717, 1.165) is 36.3 Å². The van der Waals surface area contributed by atoms with Crippen LogP contribution in [-0.2, 0) is 20.1 Å². The maximum absolute atomic E-state index is 9.89. The van der Waals surface area contributed by atoms with E-state index in [1.54, 1.807) is 11.3 Å². The fraction of sp³-hybridized carbons (Fsp3) is 0.480. The molecule has 2 N–H and O–H groups in total. The van der Waals surface area contributed by atoms with E-state index in [-0.39, 0.29) is 38.2 Å². The summed E-state index contributed by atoms with van der Waals surface area (Å²) in [5.74, 6) is 0.789. The number of aryl methyl sites for hydroxylation is 1. The van der Waals surface area contributed by atoms with Gasteiger partial charge in [0.1, 0.15) is 0 Å². The van der Waals surface area contributed by atoms with Crippen LogP contribution in [0.1, 0.15) is 50.5 Å². The van der Waals surface area contributed by atoms with Crippen LogP contribution in [0.5, 0.6) is 0 Å². The van der Waals surface area contributed by atoms with Gasteiger partial charge < -0.3 is 15.2 Å². The van der Waals surface area contributed by atoms with Gasteiger partial charge in [-0.1, -0.05) is 43.5 Å². The summed E-state index contributed by atoms with van der Waals surface area (Å²) < 4.78 is 1.26. The zero-order valence-corrected chi connectivity index (χ0v) is 20.6. The SMILES string of the molecule is Cc1ccc(-c2[c-]c3ccccc3s2)nc1.OC1CCCCC2CCCC(O)C12.[Ir]. The molecule has 0 spiro atoms. The van der Waals surface area contributed by atoms with Gasteiger partial charge in [-0.05, 0) is 53.7 Å². The Hall–Kier alpha value is -1.10. The van der Waals surface area contributed by atoms with Gasteiger partial charge in [0.25, 0.3) is 0 Å². The van der Waals surface area contributed by atoms with Crippen LogP contribution in [-0.4, -0.2) is 27.4 Å². The Kier molecular flexibility index (Phi) is 8.61. The summed E-state index contributed by atoms with van der Waals surface area (Å²) in [5.41, 5.74) is 2.19. The predicted molar refractivity (Wildman–Crippen MR) is 120 cm³/mol. The third-order valence-corrected chi connectivity index (χ3v) is 7.42. The van der Waals surface area contributed by atoms with Crippen LogP contribution in [0, 0.1) is 24.8 Å². The van der Waals surface area contributed by atoms with Crippen LogP contribution < -0.4 is 0 Å². The Balaban J connectivity index is 0.000000169. The molecule has 5 heteroatoms. The molecular weight excluding hydrogens is 571 g/mol. The topological polar surface area (TPSA) is 53.4 Å². The van der Waals surface area contributed by atoms with Crippen molar-refractivity contribution in [1.82, 2.24) is 4.98 Å². The second-order valence-electron chi connectivity index (χ2n) is 8.46. The van der Waals surface area contributed by atoms with E-state index >= 15 is 0 Å². The molecule has 3 nitrogen and oxygen atoms in total. The second-order valence-corrected chi connectivity index (χ2v) is 9.51. The van der Waals surface area contributed by atoms with Gasteiger partial charge >= 0.3 is 0 Å². The molecule has 30 heavy (non-hydrogen) atoms. The summed E-state index contributed by atoms with van der Waals surface area (Å²) >= 11 is 1.74. The minimum absolute atomic E-state index is 0. The van der Waals surface area contributed by atoms with Gasteiger partial charge in [0.15, 0.2) is 0 Å². The summed E-state index contributed by atoms with van der Waals surface area (Å²) in [6, 6.07) is 15.8. The largest absolute Gasteiger partial charge is 0.393 e. The van der Waals surface area contributed by atoms with E-state index in [1.165, 1.54) is 34.9 Å². The molecule has 2 aliphatic carbocycles. The third-order valence-electron chi connectivity index (χ3n) is 6.32. The fourth-order valence-corrected chi connectivity index (χ4v) is 5.77. The Morgan fingerprint density at radius 2 is 1.63 bits per heavy atom. The molecule has 163 valence electrons. The smallest absolute Gasteiger partial charge is 0.0595 e. The van der Waals surface area contributed by atoms with Crippen LogP contribution in [0.4, 0.5) is 0 Å². The maximum Gasteiger partial charge on any atom is 0.0595 e. The average molecular weight is 601 g/mol. The van der Waals surface area contributed by atoms with Crippen LogP contribution in [0.3, 0.4) is 0 Å². The number of hydrogen-bond donors (Lipinski definition) is 2. The van der Waals surface area contributed by atoms with Gasteiger partial charge in [-0.15, -0.1) is 23.6 Å². The quantitative estimate of drug-likeness (QED) is 0.349. The van der Waals surface area contributed by atoms with E-state index in [2.05, 4.69) is 41.4 Å². The number of rotatable bonds is 1. The van der Waals surface area contributed by atoms with Gasteiger partial charge in [-0.25, -0.2) is 11.3 Å². The first-order chi connectivity index (χ1) is 14.1. The van der Waals surface area contributed by atoms with Crippen molar-refractivity contribution >= 4 is 21.4 Å². The molecule has 0 bridgehead atoms. The van der Waals surface area contributed by atoms with E-state index in [9.17, 15) is 10.2 Å². The molecule has 2 heterocycles. The Morgan fingerprint density at radius 1 is 0.933 bits per heavy atom. The molecule has 2 saturated carbocycles. The molecule has 4 unspecified atom stereocenters. The second kappa shape index (κ2) is 11.0. The van der Waals surface area contributed by atoms with Crippen molar-refractivity contribution in [3.8, 4) is 10.6 Å². The van der Waals surface area contributed by atoms with Gasteiger partial charge in [0.2, 0.25) is 0 Å². The first-order valence-corrected chi connectivity index (χ1v) is 11.6. The fourth-order valence-electron chi connectivity index (χ4n) is 4.78. The number of fused-ring (bicyclic) bond motifs is 2. The number of aliphatic hydroxyl groups is 2. The number of aromatic nitrogens is 1. The van der Waals surface area contributed by atoms with Crippen LogP contribution >= 0.6 is 11.3 Å². The van der Waals surface area contributed by atoms with Crippen molar-refractivity contribution in [2.75, 3.05) is 0 Å². The van der Waals surface area contributed by atoms with Crippen molar-refractivity contribution in [2.45, 2.75) is 64.1 Å². The van der Waals surface area contributed by atoms with Gasteiger partial charge in [-0.2, -0.15) is 0 Å². The minimum Gasteiger partial charge on any atom is -0.393 e. The molecule has 1 radical (unpaired) electrons. The first-order valence-electron chi connectivity index (χ1n) is 10.8. The van der Waals surface area contributed by atoms with Crippen molar-refractivity contribution in [3.63, 3.8) is 0 Å². The third kappa shape index (κ3) is 5.57. The number of aliphatic hydroxyl groups excluding tert-OH is 2. The summed E-state index contributed by atoms with van der Waals surface area (Å²) in [5, 5.41) is 20.9. The Bertz CT molecular complexity index is 893. The Morgan fingerprint density at radius 3 is 2.37 bits per heavy atom. The summed E-state index contributed by atoms with van der Waals surface area (Å²) in [7, 11) is 0. The van der Waals surface area contributed by atoms with Crippen molar-refractivity contribution in [3.05, 3.63) is 54.2 Å². The van der Waals surface area contributed by atoms with Gasteiger partial charge in [-0.3, -0.25) is 0 Å². The zero-order valence-electron chi connectivity index (χ0n) is 17.4. The molecule has 0 amide bonds. The van der Waals surface area contributed by atoms with Crippen LogP contribution in [0.2, 0.25) is 0 Å². The monoisotopic (exact) mass is 601 g/mol. The van der Waals surface area contributed by atoms with Gasteiger partial charge in [0.05, 0.1) is 12.2 Å². The molecule has 5 rings (SSSR count). The minimum atomic E-state index is -0.234. The van der Waals surface area contributed by atoms with Crippen molar-refractivity contribution in [1.29, 1.82) is 0 Å².